The third-order valence-corrected chi connectivity index (χ3v) is 4.30. The van der Waals surface area contributed by atoms with Gasteiger partial charge >= 0.3 is 0 Å². The van der Waals surface area contributed by atoms with E-state index in [1.165, 1.54) is 0 Å². The summed E-state index contributed by atoms with van der Waals surface area (Å²) in [4.78, 5) is 36.2. The first-order chi connectivity index (χ1) is 14.5. The zero-order chi connectivity index (χ0) is 23.0. The molecule has 0 unspecified atom stereocenters. The van der Waals surface area contributed by atoms with E-state index in [9.17, 15) is 14.4 Å². The van der Waals surface area contributed by atoms with Crippen molar-refractivity contribution in [2.24, 2.45) is 11.3 Å². The summed E-state index contributed by atoms with van der Waals surface area (Å²) in [5.74, 6) is -0.0268. The molecule has 0 bridgehead atoms. The van der Waals surface area contributed by atoms with Crippen molar-refractivity contribution in [2.45, 2.75) is 41.0 Å². The lowest BCUT2D eigenvalue weighted by Gasteiger charge is -2.18. The number of hydrogen-bond acceptors (Lipinski definition) is 4. The van der Waals surface area contributed by atoms with Gasteiger partial charge in [-0.3, -0.25) is 14.4 Å². The van der Waals surface area contributed by atoms with Crippen LogP contribution in [0.2, 0.25) is 0 Å². The topological polar surface area (TPSA) is 99.3 Å². The van der Waals surface area contributed by atoms with Gasteiger partial charge in [-0.05, 0) is 48.4 Å². The summed E-state index contributed by atoms with van der Waals surface area (Å²) in [6.45, 7) is 9.59. The van der Waals surface area contributed by atoms with E-state index in [1.807, 2.05) is 34.6 Å². The molecule has 0 heterocycles. The third kappa shape index (κ3) is 8.50. The van der Waals surface area contributed by atoms with Crippen molar-refractivity contribution in [3.63, 3.8) is 0 Å². The number of carbonyl (C=O) groups is 3. The molecule has 0 spiro atoms. The molecule has 3 amide bonds. The summed E-state index contributed by atoms with van der Waals surface area (Å²) in [6, 6.07) is 14.2. The average Bonchev–Trinajstić information content (AvgIpc) is 2.66. The van der Waals surface area contributed by atoms with Crippen LogP contribution in [0.4, 0.5) is 22.7 Å². The lowest BCUT2D eigenvalue weighted by molar-refractivity contribution is -0.123. The molecule has 0 saturated carbocycles. The van der Waals surface area contributed by atoms with Crippen molar-refractivity contribution in [1.82, 2.24) is 0 Å². The maximum Gasteiger partial charge on any atom is 0.243 e. The molecule has 0 aliphatic heterocycles. The molecule has 0 fully saturated rings. The number of hydrogen-bond donors (Lipinski definition) is 4. The van der Waals surface area contributed by atoms with Gasteiger partial charge in [-0.25, -0.2) is 0 Å². The second kappa shape index (κ2) is 10.6. The van der Waals surface area contributed by atoms with Crippen LogP contribution >= 0.6 is 0 Å². The molecule has 0 saturated heterocycles. The van der Waals surface area contributed by atoms with Crippen LogP contribution in [0, 0.1) is 11.3 Å². The Labute approximate surface area is 184 Å². The molecule has 2 aromatic rings. The van der Waals surface area contributed by atoms with Gasteiger partial charge in [-0.15, -0.1) is 0 Å². The molecule has 0 aliphatic rings. The van der Waals surface area contributed by atoms with Crippen LogP contribution in [0.3, 0.4) is 0 Å². The Morgan fingerprint density at radius 2 is 1.32 bits per heavy atom. The fraction of sp³-hybridized carbons (Fsp3) is 0.375. The molecule has 7 nitrogen and oxygen atoms in total. The molecule has 166 valence electrons. The van der Waals surface area contributed by atoms with Crippen molar-refractivity contribution in [3.05, 3.63) is 48.5 Å². The average molecular weight is 425 g/mol. The first-order valence-corrected chi connectivity index (χ1v) is 10.4. The molecule has 2 aromatic carbocycles. The summed E-state index contributed by atoms with van der Waals surface area (Å²) in [5, 5.41) is 11.6. The van der Waals surface area contributed by atoms with Gasteiger partial charge in [0, 0.05) is 34.6 Å². The summed E-state index contributed by atoms with van der Waals surface area (Å²) in [6.07, 6.45) is 0.473. The van der Waals surface area contributed by atoms with E-state index in [4.69, 9.17) is 0 Å². The molecule has 4 N–H and O–H groups in total. The molecule has 0 radical (unpaired) electrons. The number of anilines is 4. The first-order valence-electron chi connectivity index (χ1n) is 10.4. The quantitative estimate of drug-likeness (QED) is 0.493. The second-order valence-corrected chi connectivity index (χ2v) is 8.91. The maximum absolute atomic E-state index is 12.3. The lowest BCUT2D eigenvalue weighted by atomic mass is 9.95. The zero-order valence-electron chi connectivity index (χ0n) is 18.8. The van der Waals surface area contributed by atoms with Crippen molar-refractivity contribution < 1.29 is 14.4 Å². The Kier molecular flexibility index (Phi) is 8.19. The predicted octanol–water partition coefficient (Wildman–Crippen LogP) is 4.71. The van der Waals surface area contributed by atoms with E-state index in [0.717, 1.165) is 11.4 Å². The molecular formula is C24H32N4O3. The van der Waals surface area contributed by atoms with Crippen LogP contribution < -0.4 is 21.3 Å². The van der Waals surface area contributed by atoms with Crippen molar-refractivity contribution in [3.8, 4) is 0 Å². The van der Waals surface area contributed by atoms with Crippen LogP contribution in [0.1, 0.15) is 41.0 Å². The molecule has 2 rings (SSSR count). The minimum absolute atomic E-state index is 0.0176. The molecule has 0 aliphatic carbocycles. The van der Waals surface area contributed by atoms with E-state index in [2.05, 4.69) is 21.3 Å². The molecular weight excluding hydrogens is 392 g/mol. The first kappa shape index (κ1) is 23.9. The number of carbonyl (C=O) groups excluding carboxylic acids is 3. The Bertz CT molecular complexity index is 915. The number of rotatable bonds is 8. The van der Waals surface area contributed by atoms with E-state index in [0.29, 0.717) is 23.7 Å². The van der Waals surface area contributed by atoms with Gasteiger partial charge in [0.25, 0.3) is 0 Å². The highest BCUT2D eigenvalue weighted by molar-refractivity contribution is 5.97. The monoisotopic (exact) mass is 424 g/mol. The minimum atomic E-state index is -0.504. The van der Waals surface area contributed by atoms with Crippen LogP contribution in [0.15, 0.2) is 48.5 Å². The minimum Gasteiger partial charge on any atom is -0.376 e. The number of benzene rings is 2. The highest BCUT2D eigenvalue weighted by Gasteiger charge is 2.21. The summed E-state index contributed by atoms with van der Waals surface area (Å²) in [5.41, 5.74) is 2.20. The van der Waals surface area contributed by atoms with Gasteiger partial charge in [-0.1, -0.05) is 40.7 Å². The normalized spacial score (nSPS) is 11.0. The van der Waals surface area contributed by atoms with E-state index < -0.39 is 5.41 Å². The Morgan fingerprint density at radius 1 is 0.774 bits per heavy atom. The van der Waals surface area contributed by atoms with Crippen LogP contribution in [0.5, 0.6) is 0 Å². The van der Waals surface area contributed by atoms with Crippen LogP contribution in [-0.2, 0) is 14.4 Å². The fourth-order valence-electron chi connectivity index (χ4n) is 2.64. The SMILES string of the molecule is CC(C)CC(=O)Nc1ccc(NCC(=O)Nc2cccc(NC(=O)C(C)(C)C)c2)cc1. The Hall–Kier alpha value is -3.35. The van der Waals surface area contributed by atoms with Gasteiger partial charge in [0.2, 0.25) is 17.7 Å². The van der Waals surface area contributed by atoms with Gasteiger partial charge in [0.15, 0.2) is 0 Å². The van der Waals surface area contributed by atoms with Crippen molar-refractivity contribution in [2.75, 3.05) is 27.8 Å². The van der Waals surface area contributed by atoms with Gasteiger partial charge in [-0.2, -0.15) is 0 Å². The smallest absolute Gasteiger partial charge is 0.243 e. The van der Waals surface area contributed by atoms with Crippen molar-refractivity contribution in [1.29, 1.82) is 0 Å². The summed E-state index contributed by atoms with van der Waals surface area (Å²) < 4.78 is 0. The summed E-state index contributed by atoms with van der Waals surface area (Å²) >= 11 is 0. The number of nitrogens with one attached hydrogen (secondary N) is 4. The maximum atomic E-state index is 12.3. The Morgan fingerprint density at radius 3 is 1.90 bits per heavy atom. The van der Waals surface area contributed by atoms with Gasteiger partial charge in [0.1, 0.15) is 0 Å². The highest BCUT2D eigenvalue weighted by atomic mass is 16.2. The predicted molar refractivity (Wildman–Crippen MR) is 126 cm³/mol. The Balaban J connectivity index is 1.85. The van der Waals surface area contributed by atoms with E-state index in [1.54, 1.807) is 48.5 Å². The molecule has 31 heavy (non-hydrogen) atoms. The molecule has 7 heteroatoms. The van der Waals surface area contributed by atoms with Crippen molar-refractivity contribution >= 4 is 40.5 Å². The number of amides is 3. The second-order valence-electron chi connectivity index (χ2n) is 8.91. The summed E-state index contributed by atoms with van der Waals surface area (Å²) in [7, 11) is 0. The largest absolute Gasteiger partial charge is 0.376 e. The molecule has 0 atom stereocenters. The van der Waals surface area contributed by atoms with Gasteiger partial charge < -0.3 is 21.3 Å². The standard InChI is InChI=1S/C24H32N4O3/c1-16(2)13-21(29)26-18-11-9-17(10-12-18)25-15-22(30)27-19-7-6-8-20(14-19)28-23(31)24(3,4)5/h6-12,14,16,25H,13,15H2,1-5H3,(H,26,29)(H,27,30)(H,28,31). The third-order valence-electron chi connectivity index (χ3n) is 4.30. The zero-order valence-corrected chi connectivity index (χ0v) is 18.8. The van der Waals surface area contributed by atoms with E-state index >= 15 is 0 Å². The molecule has 0 aromatic heterocycles. The van der Waals surface area contributed by atoms with E-state index in [-0.39, 0.29) is 24.3 Å². The van der Waals surface area contributed by atoms with Crippen LogP contribution in [0.25, 0.3) is 0 Å². The van der Waals surface area contributed by atoms with Gasteiger partial charge in [0.05, 0.1) is 6.54 Å². The fourth-order valence-corrected chi connectivity index (χ4v) is 2.64. The lowest BCUT2D eigenvalue weighted by Crippen LogP contribution is -2.27. The van der Waals surface area contributed by atoms with Crippen LogP contribution in [-0.4, -0.2) is 24.3 Å². The highest BCUT2D eigenvalue weighted by Crippen LogP contribution is 2.20.